The molecule has 5 heteroatoms. The van der Waals surface area contributed by atoms with E-state index in [1.54, 1.807) is 12.1 Å². The minimum atomic E-state index is -0.0453. The molecule has 0 unspecified atom stereocenters. The molecule has 148 valence electrons. The SMILES string of the molecule is C[C@@H](C(=O)N[C@@H]1CCCc2ccccc21)[NH+]1CCN(c2ccc(O)cc2)CC1. The van der Waals surface area contributed by atoms with Gasteiger partial charge in [0.2, 0.25) is 0 Å². The Bertz CT molecular complexity index is 813. The van der Waals surface area contributed by atoms with E-state index in [0.29, 0.717) is 5.75 Å². The summed E-state index contributed by atoms with van der Waals surface area (Å²) >= 11 is 0. The molecule has 1 fully saturated rings. The number of piperazine rings is 1. The molecule has 2 aromatic carbocycles. The van der Waals surface area contributed by atoms with Gasteiger partial charge in [0, 0.05) is 5.69 Å². The lowest BCUT2D eigenvalue weighted by Crippen LogP contribution is -3.19. The number of phenols is 1. The molecule has 1 amide bonds. The summed E-state index contributed by atoms with van der Waals surface area (Å²) in [5.74, 6) is 0.456. The number of quaternary nitrogens is 1. The average Bonchev–Trinajstić information content (AvgIpc) is 2.74. The lowest BCUT2D eigenvalue weighted by Gasteiger charge is -2.36. The van der Waals surface area contributed by atoms with Crippen LogP contribution in [0.2, 0.25) is 0 Å². The molecule has 1 aliphatic heterocycles. The second-order valence-electron chi connectivity index (χ2n) is 8.04. The number of carbonyl (C=O) groups is 1. The molecule has 2 atom stereocenters. The number of anilines is 1. The van der Waals surface area contributed by atoms with Crippen molar-refractivity contribution in [1.29, 1.82) is 0 Å². The molecule has 0 bridgehead atoms. The van der Waals surface area contributed by atoms with Crippen LogP contribution in [0.5, 0.6) is 5.75 Å². The maximum absolute atomic E-state index is 12.9. The van der Waals surface area contributed by atoms with Crippen molar-refractivity contribution in [3.05, 3.63) is 59.7 Å². The van der Waals surface area contributed by atoms with Gasteiger partial charge in [-0.2, -0.15) is 0 Å². The van der Waals surface area contributed by atoms with Gasteiger partial charge in [-0.25, -0.2) is 0 Å². The molecule has 4 rings (SSSR count). The number of nitrogens with zero attached hydrogens (tertiary/aromatic N) is 1. The van der Waals surface area contributed by atoms with Crippen LogP contribution in [-0.4, -0.2) is 43.2 Å². The van der Waals surface area contributed by atoms with Gasteiger partial charge >= 0.3 is 0 Å². The lowest BCUT2D eigenvalue weighted by atomic mass is 9.87. The minimum Gasteiger partial charge on any atom is -0.508 e. The third-order valence-electron chi connectivity index (χ3n) is 6.31. The number of aryl methyl sites for hydroxylation is 1. The van der Waals surface area contributed by atoms with E-state index in [2.05, 4.69) is 41.4 Å². The topological polar surface area (TPSA) is 57.0 Å². The first-order chi connectivity index (χ1) is 13.6. The number of benzene rings is 2. The zero-order valence-corrected chi connectivity index (χ0v) is 16.5. The van der Waals surface area contributed by atoms with Crippen LogP contribution >= 0.6 is 0 Å². The Morgan fingerprint density at radius 1 is 1.14 bits per heavy atom. The van der Waals surface area contributed by atoms with E-state index in [-0.39, 0.29) is 18.0 Å². The number of fused-ring (bicyclic) bond motifs is 1. The first-order valence-corrected chi connectivity index (χ1v) is 10.4. The molecule has 0 radical (unpaired) electrons. The van der Waals surface area contributed by atoms with Crippen LogP contribution in [0.15, 0.2) is 48.5 Å². The van der Waals surface area contributed by atoms with Gasteiger partial charge in [0.15, 0.2) is 6.04 Å². The first kappa shape index (κ1) is 18.8. The quantitative estimate of drug-likeness (QED) is 0.757. The smallest absolute Gasteiger partial charge is 0.278 e. The number of rotatable bonds is 4. The fourth-order valence-electron chi connectivity index (χ4n) is 4.53. The molecule has 1 heterocycles. The first-order valence-electron chi connectivity index (χ1n) is 10.4. The highest BCUT2D eigenvalue weighted by molar-refractivity contribution is 5.80. The Balaban J connectivity index is 1.33. The Labute approximate surface area is 167 Å². The number of hydrogen-bond acceptors (Lipinski definition) is 3. The monoisotopic (exact) mass is 380 g/mol. The predicted octanol–water partition coefficient (Wildman–Crippen LogP) is 1.68. The molecule has 0 saturated carbocycles. The summed E-state index contributed by atoms with van der Waals surface area (Å²) in [6.07, 6.45) is 3.27. The summed E-state index contributed by atoms with van der Waals surface area (Å²) in [7, 11) is 0. The molecule has 1 aliphatic carbocycles. The van der Waals surface area contributed by atoms with E-state index < -0.39 is 0 Å². The average molecular weight is 381 g/mol. The van der Waals surface area contributed by atoms with Gasteiger partial charge in [-0.3, -0.25) is 4.79 Å². The third kappa shape index (κ3) is 3.99. The van der Waals surface area contributed by atoms with Crippen molar-refractivity contribution < 1.29 is 14.8 Å². The fraction of sp³-hybridized carbons (Fsp3) is 0.435. The maximum Gasteiger partial charge on any atom is 0.278 e. The summed E-state index contributed by atoms with van der Waals surface area (Å²) in [6.45, 7) is 5.77. The van der Waals surface area contributed by atoms with Gasteiger partial charge in [-0.05, 0) is 61.6 Å². The Hall–Kier alpha value is -2.53. The molecular formula is C23H30N3O2+. The van der Waals surface area contributed by atoms with Crippen molar-refractivity contribution in [2.45, 2.75) is 38.3 Å². The predicted molar refractivity (Wildman–Crippen MR) is 111 cm³/mol. The van der Waals surface area contributed by atoms with Crippen LogP contribution in [0.3, 0.4) is 0 Å². The molecule has 0 aromatic heterocycles. The highest BCUT2D eigenvalue weighted by Gasteiger charge is 2.31. The fourth-order valence-corrected chi connectivity index (χ4v) is 4.53. The molecule has 5 nitrogen and oxygen atoms in total. The number of amides is 1. The Kier molecular flexibility index (Phi) is 5.53. The minimum absolute atomic E-state index is 0.0453. The highest BCUT2D eigenvalue weighted by atomic mass is 16.3. The molecule has 28 heavy (non-hydrogen) atoms. The Morgan fingerprint density at radius 3 is 2.61 bits per heavy atom. The van der Waals surface area contributed by atoms with E-state index >= 15 is 0 Å². The van der Waals surface area contributed by atoms with Crippen LogP contribution in [-0.2, 0) is 11.2 Å². The molecule has 2 aromatic rings. The van der Waals surface area contributed by atoms with Crippen molar-refractivity contribution in [1.82, 2.24) is 5.32 Å². The number of hydrogen-bond donors (Lipinski definition) is 3. The van der Waals surface area contributed by atoms with Crippen LogP contribution in [0.4, 0.5) is 5.69 Å². The van der Waals surface area contributed by atoms with Gasteiger partial charge < -0.3 is 20.2 Å². The number of phenolic OH excluding ortho intramolecular Hbond substituents is 1. The molecule has 2 aliphatic rings. The van der Waals surface area contributed by atoms with Crippen LogP contribution in [0.25, 0.3) is 0 Å². The van der Waals surface area contributed by atoms with Crippen molar-refractivity contribution in [3.63, 3.8) is 0 Å². The summed E-state index contributed by atoms with van der Waals surface area (Å²) in [5, 5.41) is 12.8. The van der Waals surface area contributed by atoms with Gasteiger partial charge in [0.05, 0.1) is 32.2 Å². The maximum atomic E-state index is 12.9. The van der Waals surface area contributed by atoms with Gasteiger partial charge in [0.1, 0.15) is 5.75 Å². The van der Waals surface area contributed by atoms with Crippen molar-refractivity contribution in [2.24, 2.45) is 0 Å². The van der Waals surface area contributed by atoms with E-state index in [0.717, 1.165) is 51.1 Å². The zero-order chi connectivity index (χ0) is 19.5. The van der Waals surface area contributed by atoms with Gasteiger partial charge in [-0.1, -0.05) is 24.3 Å². The lowest BCUT2D eigenvalue weighted by molar-refractivity contribution is -0.914. The molecule has 1 saturated heterocycles. The number of aromatic hydroxyl groups is 1. The largest absolute Gasteiger partial charge is 0.508 e. The van der Waals surface area contributed by atoms with E-state index in [9.17, 15) is 9.90 Å². The normalized spacial score (nSPS) is 21.0. The van der Waals surface area contributed by atoms with Crippen LogP contribution in [0.1, 0.15) is 36.9 Å². The van der Waals surface area contributed by atoms with Crippen LogP contribution < -0.4 is 15.1 Å². The van der Waals surface area contributed by atoms with E-state index in [4.69, 9.17) is 0 Å². The standard InChI is InChI=1S/C23H29N3O2/c1-17(23(28)24-22-8-4-6-18-5-2-3-7-21(18)22)25-13-15-26(16-14-25)19-9-11-20(27)12-10-19/h2-3,5,7,9-12,17,22,27H,4,6,8,13-16H2,1H3,(H,24,28)/p+1/t17-,22+/m0/s1. The van der Waals surface area contributed by atoms with Crippen molar-refractivity contribution in [3.8, 4) is 5.75 Å². The Morgan fingerprint density at radius 2 is 1.86 bits per heavy atom. The van der Waals surface area contributed by atoms with Crippen molar-refractivity contribution in [2.75, 3.05) is 31.1 Å². The van der Waals surface area contributed by atoms with Gasteiger partial charge in [-0.15, -0.1) is 0 Å². The van der Waals surface area contributed by atoms with Crippen LogP contribution in [0, 0.1) is 0 Å². The zero-order valence-electron chi connectivity index (χ0n) is 16.5. The van der Waals surface area contributed by atoms with Crippen molar-refractivity contribution >= 4 is 11.6 Å². The van der Waals surface area contributed by atoms with Gasteiger partial charge in [0.25, 0.3) is 5.91 Å². The van der Waals surface area contributed by atoms with E-state index in [1.807, 2.05) is 12.1 Å². The summed E-state index contributed by atoms with van der Waals surface area (Å²) in [4.78, 5) is 16.6. The molecule has 3 N–H and O–H groups in total. The third-order valence-corrected chi connectivity index (χ3v) is 6.31. The molecule has 0 spiro atoms. The summed E-state index contributed by atoms with van der Waals surface area (Å²) in [6, 6.07) is 16.0. The molecular weight excluding hydrogens is 350 g/mol. The summed E-state index contributed by atoms with van der Waals surface area (Å²) in [5.41, 5.74) is 3.80. The second kappa shape index (κ2) is 8.23. The number of carbonyl (C=O) groups excluding carboxylic acids is 1. The summed E-state index contributed by atoms with van der Waals surface area (Å²) < 4.78 is 0. The second-order valence-corrected chi connectivity index (χ2v) is 8.04. The van der Waals surface area contributed by atoms with E-state index in [1.165, 1.54) is 16.0 Å². The number of nitrogens with one attached hydrogen (secondary N) is 2. The highest BCUT2D eigenvalue weighted by Crippen LogP contribution is 2.29.